The van der Waals surface area contributed by atoms with Gasteiger partial charge in [0.1, 0.15) is 5.75 Å². The van der Waals surface area contributed by atoms with Crippen LogP contribution in [-0.2, 0) is 4.79 Å². The lowest BCUT2D eigenvalue weighted by Crippen LogP contribution is -2.14. The zero-order valence-corrected chi connectivity index (χ0v) is 12.5. The normalized spacial score (nSPS) is 10.3. The molecule has 2 rings (SSSR count). The molecule has 2 aromatic rings. The second-order valence-electron chi connectivity index (χ2n) is 4.32. The fourth-order valence-electron chi connectivity index (χ4n) is 1.59. The van der Waals surface area contributed by atoms with Crippen LogP contribution in [0.5, 0.6) is 5.75 Å². The van der Waals surface area contributed by atoms with Gasteiger partial charge in [-0.2, -0.15) is 0 Å². The molecule has 0 aliphatic rings. The van der Waals surface area contributed by atoms with E-state index >= 15 is 0 Å². The van der Waals surface area contributed by atoms with Gasteiger partial charge in [-0.1, -0.05) is 11.8 Å². The van der Waals surface area contributed by atoms with Crippen LogP contribution in [0.3, 0.4) is 0 Å². The number of carbonyl (C=O) groups excluding carboxylic acids is 1. The van der Waals surface area contributed by atoms with Crippen molar-refractivity contribution in [1.82, 2.24) is 9.97 Å². The number of aromatic amines is 1. The van der Waals surface area contributed by atoms with Crippen LogP contribution in [0.15, 0.2) is 29.4 Å². The number of methoxy groups -OCH3 is 1. The Balaban J connectivity index is 1.85. The Kier molecular flexibility index (Phi) is 4.68. The molecule has 1 amide bonds. The number of ether oxygens (including phenoxy) is 1. The van der Waals surface area contributed by atoms with E-state index in [1.807, 2.05) is 38.1 Å². The van der Waals surface area contributed by atoms with Gasteiger partial charge in [0.25, 0.3) is 0 Å². The molecule has 6 heteroatoms. The Morgan fingerprint density at radius 3 is 2.60 bits per heavy atom. The minimum absolute atomic E-state index is 0.0631. The van der Waals surface area contributed by atoms with E-state index in [2.05, 4.69) is 15.3 Å². The van der Waals surface area contributed by atoms with Crippen molar-refractivity contribution in [1.29, 1.82) is 0 Å². The molecule has 0 aliphatic heterocycles. The summed E-state index contributed by atoms with van der Waals surface area (Å²) in [5.74, 6) is 1.02. The van der Waals surface area contributed by atoms with E-state index in [9.17, 15) is 4.79 Å². The third-order valence-electron chi connectivity index (χ3n) is 2.82. The van der Waals surface area contributed by atoms with Gasteiger partial charge in [0, 0.05) is 11.4 Å². The molecule has 5 nitrogen and oxygen atoms in total. The van der Waals surface area contributed by atoms with Gasteiger partial charge in [0.05, 0.1) is 18.6 Å². The summed E-state index contributed by atoms with van der Waals surface area (Å²) in [7, 11) is 1.61. The fraction of sp³-hybridized carbons (Fsp3) is 0.286. The van der Waals surface area contributed by atoms with Gasteiger partial charge in [-0.3, -0.25) is 4.79 Å². The number of carbonyl (C=O) groups is 1. The van der Waals surface area contributed by atoms with Crippen molar-refractivity contribution in [3.8, 4) is 5.75 Å². The maximum Gasteiger partial charge on any atom is 0.234 e. The quantitative estimate of drug-likeness (QED) is 0.831. The van der Waals surface area contributed by atoms with Crippen molar-refractivity contribution < 1.29 is 9.53 Å². The van der Waals surface area contributed by atoms with Crippen LogP contribution in [0, 0.1) is 13.8 Å². The summed E-state index contributed by atoms with van der Waals surface area (Å²) in [6, 6.07) is 7.23. The van der Waals surface area contributed by atoms with Crippen LogP contribution >= 0.6 is 11.8 Å². The number of aryl methyl sites for hydroxylation is 2. The predicted octanol–water partition coefficient (Wildman–Crippen LogP) is 2.77. The Bertz CT molecular complexity index is 573. The number of aromatic nitrogens is 2. The fourth-order valence-corrected chi connectivity index (χ4v) is 2.36. The molecular weight excluding hydrogens is 274 g/mol. The summed E-state index contributed by atoms with van der Waals surface area (Å²) in [4.78, 5) is 19.3. The van der Waals surface area contributed by atoms with E-state index in [4.69, 9.17) is 4.74 Å². The highest BCUT2D eigenvalue weighted by atomic mass is 32.2. The Labute approximate surface area is 122 Å². The highest BCUT2D eigenvalue weighted by Crippen LogP contribution is 2.18. The first-order valence-corrected chi connectivity index (χ1v) is 7.17. The second-order valence-corrected chi connectivity index (χ2v) is 5.28. The van der Waals surface area contributed by atoms with Crippen LogP contribution in [0.1, 0.15) is 11.4 Å². The van der Waals surface area contributed by atoms with Crippen LogP contribution in [0.2, 0.25) is 0 Å². The molecule has 2 N–H and O–H groups in total. The average Bonchev–Trinajstić information content (AvgIpc) is 2.76. The highest BCUT2D eigenvalue weighted by Gasteiger charge is 2.07. The van der Waals surface area contributed by atoms with Gasteiger partial charge in [-0.05, 0) is 38.1 Å². The van der Waals surface area contributed by atoms with E-state index in [1.165, 1.54) is 11.8 Å². The number of imidazole rings is 1. The van der Waals surface area contributed by atoms with E-state index in [1.54, 1.807) is 7.11 Å². The Hall–Kier alpha value is -1.95. The molecule has 1 aromatic heterocycles. The first kappa shape index (κ1) is 14.5. The zero-order valence-electron chi connectivity index (χ0n) is 11.7. The Morgan fingerprint density at radius 2 is 2.05 bits per heavy atom. The standard InChI is InChI=1S/C14H17N3O2S/c1-9-10(2)16-14(15-9)20-8-13(18)17-11-4-6-12(19-3)7-5-11/h4-7H,8H2,1-3H3,(H,15,16)(H,17,18). The van der Waals surface area contributed by atoms with Crippen LogP contribution < -0.4 is 10.1 Å². The van der Waals surface area contributed by atoms with Crippen LogP contribution in [-0.4, -0.2) is 28.7 Å². The maximum atomic E-state index is 11.8. The molecule has 20 heavy (non-hydrogen) atoms. The van der Waals surface area contributed by atoms with Crippen molar-refractivity contribution >= 4 is 23.4 Å². The van der Waals surface area contributed by atoms with E-state index in [0.29, 0.717) is 5.75 Å². The molecule has 1 heterocycles. The lowest BCUT2D eigenvalue weighted by Gasteiger charge is -2.05. The predicted molar refractivity (Wildman–Crippen MR) is 80.4 cm³/mol. The third kappa shape index (κ3) is 3.77. The minimum Gasteiger partial charge on any atom is -0.497 e. The number of thioether (sulfide) groups is 1. The molecule has 0 unspecified atom stereocenters. The van der Waals surface area contributed by atoms with Crippen molar-refractivity contribution in [2.24, 2.45) is 0 Å². The van der Waals surface area contributed by atoms with Crippen LogP contribution in [0.25, 0.3) is 0 Å². The number of hydrogen-bond donors (Lipinski definition) is 2. The summed E-state index contributed by atoms with van der Waals surface area (Å²) < 4.78 is 5.06. The SMILES string of the molecule is COc1ccc(NC(=O)CSc2nc(C)c(C)[nH]2)cc1. The molecule has 0 saturated heterocycles. The van der Waals surface area contributed by atoms with Crippen molar-refractivity contribution in [3.05, 3.63) is 35.7 Å². The first-order chi connectivity index (χ1) is 9.58. The van der Waals surface area contributed by atoms with Crippen molar-refractivity contribution in [2.75, 3.05) is 18.2 Å². The lowest BCUT2D eigenvalue weighted by atomic mass is 10.3. The Morgan fingerprint density at radius 1 is 1.35 bits per heavy atom. The highest BCUT2D eigenvalue weighted by molar-refractivity contribution is 7.99. The van der Waals surface area contributed by atoms with Gasteiger partial charge in [0.15, 0.2) is 5.16 Å². The molecule has 106 valence electrons. The van der Waals surface area contributed by atoms with Crippen LogP contribution in [0.4, 0.5) is 5.69 Å². The third-order valence-corrected chi connectivity index (χ3v) is 3.69. The number of benzene rings is 1. The number of hydrogen-bond acceptors (Lipinski definition) is 4. The molecule has 0 bridgehead atoms. The molecule has 0 atom stereocenters. The van der Waals surface area contributed by atoms with E-state index in [-0.39, 0.29) is 5.91 Å². The largest absolute Gasteiger partial charge is 0.497 e. The van der Waals surface area contributed by atoms with E-state index in [0.717, 1.165) is 28.0 Å². The molecule has 1 aromatic carbocycles. The number of H-pyrrole nitrogens is 1. The first-order valence-electron chi connectivity index (χ1n) is 6.18. The molecule has 0 fully saturated rings. The van der Waals surface area contributed by atoms with Gasteiger partial charge in [-0.15, -0.1) is 0 Å². The molecule has 0 spiro atoms. The zero-order chi connectivity index (χ0) is 14.5. The van der Waals surface area contributed by atoms with Crippen molar-refractivity contribution in [2.45, 2.75) is 19.0 Å². The molecule has 0 radical (unpaired) electrons. The summed E-state index contributed by atoms with van der Waals surface area (Å²) in [5, 5.41) is 3.60. The summed E-state index contributed by atoms with van der Waals surface area (Å²) in [5.41, 5.74) is 2.74. The average molecular weight is 291 g/mol. The maximum absolute atomic E-state index is 11.8. The summed E-state index contributed by atoms with van der Waals surface area (Å²) in [6.07, 6.45) is 0. The summed E-state index contributed by atoms with van der Waals surface area (Å²) in [6.45, 7) is 3.90. The smallest absolute Gasteiger partial charge is 0.234 e. The molecule has 0 aliphatic carbocycles. The van der Waals surface area contributed by atoms with Gasteiger partial charge in [0.2, 0.25) is 5.91 Å². The molecule has 0 saturated carbocycles. The van der Waals surface area contributed by atoms with E-state index < -0.39 is 0 Å². The van der Waals surface area contributed by atoms with Gasteiger partial charge >= 0.3 is 0 Å². The molecular formula is C14H17N3O2S. The second kappa shape index (κ2) is 6.47. The monoisotopic (exact) mass is 291 g/mol. The number of amides is 1. The number of nitrogens with zero attached hydrogens (tertiary/aromatic N) is 1. The number of anilines is 1. The van der Waals surface area contributed by atoms with Crippen molar-refractivity contribution in [3.63, 3.8) is 0 Å². The van der Waals surface area contributed by atoms with Gasteiger partial charge < -0.3 is 15.0 Å². The van der Waals surface area contributed by atoms with Gasteiger partial charge in [-0.25, -0.2) is 4.98 Å². The lowest BCUT2D eigenvalue weighted by molar-refractivity contribution is -0.113. The minimum atomic E-state index is -0.0631. The number of rotatable bonds is 5. The topological polar surface area (TPSA) is 67.0 Å². The number of nitrogens with one attached hydrogen (secondary N) is 2. The summed E-state index contributed by atoms with van der Waals surface area (Å²) >= 11 is 1.39.